The molecule has 1 atom stereocenters. The van der Waals surface area contributed by atoms with Gasteiger partial charge in [0.1, 0.15) is 0 Å². The van der Waals surface area contributed by atoms with Crippen molar-refractivity contribution in [3.63, 3.8) is 0 Å². The highest BCUT2D eigenvalue weighted by molar-refractivity contribution is 5.84. The lowest BCUT2D eigenvalue weighted by Crippen LogP contribution is -2.42. The first-order valence-electron chi connectivity index (χ1n) is 5.47. The van der Waals surface area contributed by atoms with E-state index in [1.54, 1.807) is 0 Å². The molecule has 16 heavy (non-hydrogen) atoms. The summed E-state index contributed by atoms with van der Waals surface area (Å²) >= 11 is 0. The maximum Gasteiger partial charge on any atom is 0.227 e. The second kappa shape index (κ2) is 4.56. The summed E-state index contributed by atoms with van der Waals surface area (Å²) in [7, 11) is 0. The van der Waals surface area contributed by atoms with Gasteiger partial charge in [-0.05, 0) is 45.4 Å². The van der Waals surface area contributed by atoms with Crippen LogP contribution in [0.4, 0.5) is 5.69 Å². The minimum Gasteiger partial charge on any atom is -0.399 e. The normalized spacial score (nSPS) is 13.2. The van der Waals surface area contributed by atoms with E-state index in [2.05, 4.69) is 5.32 Å². The lowest BCUT2D eigenvalue weighted by Gasteiger charge is -2.23. The first kappa shape index (κ1) is 12.6. The molecule has 0 bridgehead atoms. The molecule has 0 spiro atoms. The summed E-state index contributed by atoms with van der Waals surface area (Å²) in [6, 6.07) is 7.44. The van der Waals surface area contributed by atoms with E-state index in [-0.39, 0.29) is 17.4 Å². The molecule has 1 amide bonds. The van der Waals surface area contributed by atoms with Gasteiger partial charge < -0.3 is 11.1 Å². The van der Waals surface area contributed by atoms with Crippen LogP contribution in [-0.4, -0.2) is 11.4 Å². The zero-order valence-corrected chi connectivity index (χ0v) is 10.4. The van der Waals surface area contributed by atoms with Crippen LogP contribution >= 0.6 is 0 Å². The van der Waals surface area contributed by atoms with E-state index in [0.717, 1.165) is 5.56 Å². The van der Waals surface area contributed by atoms with Gasteiger partial charge in [-0.1, -0.05) is 12.1 Å². The van der Waals surface area contributed by atoms with Gasteiger partial charge in [-0.25, -0.2) is 0 Å². The van der Waals surface area contributed by atoms with Gasteiger partial charge in [-0.15, -0.1) is 0 Å². The Kier molecular flexibility index (Phi) is 3.58. The number of anilines is 1. The molecule has 3 N–H and O–H groups in total. The summed E-state index contributed by atoms with van der Waals surface area (Å²) < 4.78 is 0. The van der Waals surface area contributed by atoms with E-state index in [1.165, 1.54) is 0 Å². The van der Waals surface area contributed by atoms with Crippen molar-refractivity contribution in [3.05, 3.63) is 29.8 Å². The molecule has 0 saturated heterocycles. The van der Waals surface area contributed by atoms with Crippen molar-refractivity contribution in [1.29, 1.82) is 0 Å². The maximum atomic E-state index is 11.9. The van der Waals surface area contributed by atoms with Crippen molar-refractivity contribution in [3.8, 4) is 0 Å². The standard InChI is InChI=1S/C13H20N2O/c1-9(12(16)15-13(2,3)4)10-6-5-7-11(14)8-10/h5-9H,14H2,1-4H3,(H,15,16). The molecule has 0 saturated carbocycles. The van der Waals surface area contributed by atoms with Gasteiger partial charge in [0.15, 0.2) is 0 Å². The molecule has 3 heteroatoms. The van der Waals surface area contributed by atoms with Gasteiger partial charge in [-0.2, -0.15) is 0 Å². The fraction of sp³-hybridized carbons (Fsp3) is 0.462. The summed E-state index contributed by atoms with van der Waals surface area (Å²) in [4.78, 5) is 11.9. The van der Waals surface area contributed by atoms with Gasteiger partial charge in [-0.3, -0.25) is 4.79 Å². The molecule has 0 aliphatic rings. The number of hydrogen-bond acceptors (Lipinski definition) is 2. The first-order valence-corrected chi connectivity index (χ1v) is 5.47. The van der Waals surface area contributed by atoms with Crippen LogP contribution in [0, 0.1) is 0 Å². The number of carbonyl (C=O) groups excluding carboxylic acids is 1. The Morgan fingerprint density at radius 1 is 1.38 bits per heavy atom. The van der Waals surface area contributed by atoms with Crippen molar-refractivity contribution < 1.29 is 4.79 Å². The molecule has 0 heterocycles. The second-order valence-electron chi connectivity index (χ2n) is 5.13. The van der Waals surface area contributed by atoms with E-state index >= 15 is 0 Å². The summed E-state index contributed by atoms with van der Waals surface area (Å²) in [6.07, 6.45) is 0. The van der Waals surface area contributed by atoms with E-state index < -0.39 is 0 Å². The first-order chi connectivity index (χ1) is 7.29. The van der Waals surface area contributed by atoms with Gasteiger partial charge in [0.25, 0.3) is 0 Å². The topological polar surface area (TPSA) is 55.1 Å². The molecule has 1 aromatic carbocycles. The van der Waals surface area contributed by atoms with Crippen molar-refractivity contribution in [2.24, 2.45) is 0 Å². The highest BCUT2D eigenvalue weighted by atomic mass is 16.2. The smallest absolute Gasteiger partial charge is 0.227 e. The monoisotopic (exact) mass is 220 g/mol. The molecular formula is C13H20N2O. The zero-order valence-electron chi connectivity index (χ0n) is 10.4. The van der Waals surface area contributed by atoms with Crippen molar-refractivity contribution in [1.82, 2.24) is 5.32 Å². The average molecular weight is 220 g/mol. The lowest BCUT2D eigenvalue weighted by molar-refractivity contribution is -0.123. The minimum atomic E-state index is -0.203. The van der Waals surface area contributed by atoms with E-state index in [1.807, 2.05) is 52.0 Å². The predicted octanol–water partition coefficient (Wildman–Crippen LogP) is 2.29. The van der Waals surface area contributed by atoms with E-state index in [4.69, 9.17) is 5.73 Å². The van der Waals surface area contributed by atoms with E-state index in [9.17, 15) is 4.79 Å². The van der Waals surface area contributed by atoms with Gasteiger partial charge in [0.05, 0.1) is 5.92 Å². The molecule has 0 aliphatic carbocycles. The Balaban J connectivity index is 2.78. The number of rotatable bonds is 2. The highest BCUT2D eigenvalue weighted by Gasteiger charge is 2.20. The second-order valence-corrected chi connectivity index (χ2v) is 5.13. The molecule has 3 nitrogen and oxygen atoms in total. The Morgan fingerprint density at radius 2 is 2.00 bits per heavy atom. The Morgan fingerprint density at radius 3 is 2.50 bits per heavy atom. The molecule has 0 radical (unpaired) electrons. The maximum absolute atomic E-state index is 11.9. The Labute approximate surface area is 97.0 Å². The number of nitrogens with one attached hydrogen (secondary N) is 1. The molecule has 88 valence electrons. The lowest BCUT2D eigenvalue weighted by atomic mass is 9.98. The molecule has 0 aromatic heterocycles. The third-order valence-electron chi connectivity index (χ3n) is 2.30. The third-order valence-corrected chi connectivity index (χ3v) is 2.30. The molecular weight excluding hydrogens is 200 g/mol. The quantitative estimate of drug-likeness (QED) is 0.751. The van der Waals surface area contributed by atoms with Crippen molar-refractivity contribution in [2.75, 3.05) is 5.73 Å². The van der Waals surface area contributed by atoms with Crippen LogP contribution in [0.25, 0.3) is 0 Å². The van der Waals surface area contributed by atoms with Crippen molar-refractivity contribution in [2.45, 2.75) is 39.2 Å². The fourth-order valence-corrected chi connectivity index (χ4v) is 1.46. The fourth-order valence-electron chi connectivity index (χ4n) is 1.46. The van der Waals surface area contributed by atoms with Gasteiger partial charge in [0, 0.05) is 11.2 Å². The van der Waals surface area contributed by atoms with Crippen LogP contribution in [0.5, 0.6) is 0 Å². The number of nitrogen functional groups attached to an aromatic ring is 1. The molecule has 0 fully saturated rings. The SMILES string of the molecule is CC(C(=O)NC(C)(C)C)c1cccc(N)c1. The highest BCUT2D eigenvalue weighted by Crippen LogP contribution is 2.18. The predicted molar refractivity (Wildman–Crippen MR) is 67.2 cm³/mol. The Hall–Kier alpha value is -1.51. The zero-order chi connectivity index (χ0) is 12.3. The van der Waals surface area contributed by atoms with Crippen LogP contribution < -0.4 is 11.1 Å². The average Bonchev–Trinajstić information content (AvgIpc) is 2.14. The summed E-state index contributed by atoms with van der Waals surface area (Å²) in [5.74, 6) is -0.152. The molecule has 1 aromatic rings. The summed E-state index contributed by atoms with van der Waals surface area (Å²) in [6.45, 7) is 7.79. The molecule has 1 unspecified atom stereocenters. The number of benzene rings is 1. The van der Waals surface area contributed by atoms with Crippen LogP contribution in [-0.2, 0) is 4.79 Å². The van der Waals surface area contributed by atoms with Crippen molar-refractivity contribution >= 4 is 11.6 Å². The van der Waals surface area contributed by atoms with Crippen LogP contribution in [0.1, 0.15) is 39.2 Å². The number of amides is 1. The van der Waals surface area contributed by atoms with Crippen LogP contribution in [0.2, 0.25) is 0 Å². The molecule has 0 aliphatic heterocycles. The molecule has 1 rings (SSSR count). The number of hydrogen-bond donors (Lipinski definition) is 2. The Bertz CT molecular complexity index is 380. The summed E-state index contributed by atoms with van der Waals surface area (Å²) in [5.41, 5.74) is 7.12. The summed E-state index contributed by atoms with van der Waals surface area (Å²) in [5, 5.41) is 2.96. The van der Waals surface area contributed by atoms with E-state index in [0.29, 0.717) is 5.69 Å². The number of nitrogens with two attached hydrogens (primary N) is 1. The van der Waals surface area contributed by atoms with Gasteiger partial charge in [0.2, 0.25) is 5.91 Å². The third kappa shape index (κ3) is 3.57. The van der Waals surface area contributed by atoms with Crippen LogP contribution in [0.3, 0.4) is 0 Å². The van der Waals surface area contributed by atoms with Gasteiger partial charge >= 0.3 is 0 Å². The minimum absolute atomic E-state index is 0.0260. The number of carbonyl (C=O) groups is 1. The van der Waals surface area contributed by atoms with Crippen LogP contribution in [0.15, 0.2) is 24.3 Å². The largest absolute Gasteiger partial charge is 0.399 e.